The van der Waals surface area contributed by atoms with Crippen molar-refractivity contribution in [1.82, 2.24) is 0 Å². The lowest BCUT2D eigenvalue weighted by atomic mass is 9.93. The van der Waals surface area contributed by atoms with Gasteiger partial charge in [-0.2, -0.15) is 0 Å². The molecule has 15 heavy (non-hydrogen) atoms. The Balaban J connectivity index is 3.55. The normalized spacial score (nSPS) is 15.2. The standard InChI is InChI=1S/C14H29Cl/c1-4-7-9-11-14(15)12-13(6-3)10-8-5-2/h13-14H,4-12H2,1-3H3. The summed E-state index contributed by atoms with van der Waals surface area (Å²) in [7, 11) is 0. The molecule has 0 aliphatic rings. The number of hydrogen-bond acceptors (Lipinski definition) is 0. The second-order valence-corrected chi connectivity index (χ2v) is 5.36. The van der Waals surface area contributed by atoms with E-state index in [4.69, 9.17) is 11.6 Å². The minimum atomic E-state index is 0.429. The fourth-order valence-electron chi connectivity index (χ4n) is 2.08. The van der Waals surface area contributed by atoms with Crippen LogP contribution < -0.4 is 0 Å². The first kappa shape index (κ1) is 15.3. The fraction of sp³-hybridized carbons (Fsp3) is 1.00. The first-order valence-corrected chi connectivity index (χ1v) is 7.32. The fourth-order valence-corrected chi connectivity index (χ4v) is 2.48. The Kier molecular flexibility index (Phi) is 11.0. The zero-order valence-electron chi connectivity index (χ0n) is 10.9. The number of rotatable bonds is 10. The van der Waals surface area contributed by atoms with Gasteiger partial charge in [0.25, 0.3) is 0 Å². The summed E-state index contributed by atoms with van der Waals surface area (Å²) in [6.45, 7) is 6.82. The molecule has 0 heterocycles. The Labute approximate surface area is 102 Å². The number of halogens is 1. The first-order chi connectivity index (χ1) is 7.24. The molecule has 0 aliphatic carbocycles. The molecular weight excluding hydrogens is 204 g/mol. The van der Waals surface area contributed by atoms with Crippen LogP contribution in [0.15, 0.2) is 0 Å². The highest BCUT2D eigenvalue weighted by molar-refractivity contribution is 6.20. The summed E-state index contributed by atoms with van der Waals surface area (Å²) in [6.07, 6.45) is 11.8. The monoisotopic (exact) mass is 232 g/mol. The van der Waals surface area contributed by atoms with Gasteiger partial charge in [0.2, 0.25) is 0 Å². The molecule has 0 radical (unpaired) electrons. The molecule has 92 valence electrons. The molecule has 2 unspecified atom stereocenters. The summed E-state index contributed by atoms with van der Waals surface area (Å²) in [5.41, 5.74) is 0. The molecule has 0 rings (SSSR count). The zero-order valence-corrected chi connectivity index (χ0v) is 11.7. The quantitative estimate of drug-likeness (QED) is 0.331. The van der Waals surface area contributed by atoms with Gasteiger partial charge in [-0.25, -0.2) is 0 Å². The summed E-state index contributed by atoms with van der Waals surface area (Å²) in [5, 5.41) is 0.429. The molecule has 0 aromatic heterocycles. The number of hydrogen-bond donors (Lipinski definition) is 0. The summed E-state index contributed by atoms with van der Waals surface area (Å²) in [6, 6.07) is 0. The van der Waals surface area contributed by atoms with Crippen molar-refractivity contribution in [1.29, 1.82) is 0 Å². The van der Waals surface area contributed by atoms with Crippen LogP contribution in [0.2, 0.25) is 0 Å². The van der Waals surface area contributed by atoms with Crippen molar-refractivity contribution in [2.45, 2.75) is 83.9 Å². The minimum absolute atomic E-state index is 0.429. The van der Waals surface area contributed by atoms with Crippen LogP contribution in [0.4, 0.5) is 0 Å². The summed E-state index contributed by atoms with van der Waals surface area (Å²) in [5.74, 6) is 0.870. The third kappa shape index (κ3) is 9.23. The molecule has 2 atom stereocenters. The molecule has 0 amide bonds. The van der Waals surface area contributed by atoms with E-state index in [9.17, 15) is 0 Å². The van der Waals surface area contributed by atoms with Crippen molar-refractivity contribution >= 4 is 11.6 Å². The number of alkyl halides is 1. The molecule has 1 heteroatoms. The van der Waals surface area contributed by atoms with Gasteiger partial charge < -0.3 is 0 Å². The van der Waals surface area contributed by atoms with Crippen molar-refractivity contribution in [3.8, 4) is 0 Å². The van der Waals surface area contributed by atoms with E-state index in [-0.39, 0.29) is 0 Å². The molecule has 0 aromatic rings. The van der Waals surface area contributed by atoms with Crippen molar-refractivity contribution in [3.05, 3.63) is 0 Å². The van der Waals surface area contributed by atoms with Crippen LogP contribution in [0.5, 0.6) is 0 Å². The molecule has 0 spiro atoms. The van der Waals surface area contributed by atoms with Crippen LogP contribution in [0.1, 0.15) is 78.6 Å². The van der Waals surface area contributed by atoms with Crippen molar-refractivity contribution in [2.24, 2.45) is 5.92 Å². The predicted octanol–water partition coefficient (Wildman–Crippen LogP) is 5.78. The molecule has 0 aliphatic heterocycles. The highest BCUT2D eigenvalue weighted by Gasteiger charge is 2.12. The van der Waals surface area contributed by atoms with Crippen LogP contribution in [-0.4, -0.2) is 5.38 Å². The molecule has 0 fully saturated rings. The SMILES string of the molecule is CCCCCC(Cl)CC(CC)CCCC. The second-order valence-electron chi connectivity index (χ2n) is 4.75. The van der Waals surface area contributed by atoms with Gasteiger partial charge in [0.05, 0.1) is 0 Å². The maximum Gasteiger partial charge on any atom is 0.0338 e. The molecule has 0 saturated heterocycles. The summed E-state index contributed by atoms with van der Waals surface area (Å²) >= 11 is 6.37. The molecule has 0 saturated carbocycles. The van der Waals surface area contributed by atoms with E-state index in [1.54, 1.807) is 0 Å². The Morgan fingerprint density at radius 1 is 0.867 bits per heavy atom. The van der Waals surface area contributed by atoms with Gasteiger partial charge in [-0.15, -0.1) is 11.6 Å². The van der Waals surface area contributed by atoms with Crippen LogP contribution >= 0.6 is 11.6 Å². The molecule has 0 nitrogen and oxygen atoms in total. The van der Waals surface area contributed by atoms with Gasteiger partial charge in [-0.05, 0) is 18.8 Å². The molecule has 0 bridgehead atoms. The van der Waals surface area contributed by atoms with E-state index < -0.39 is 0 Å². The van der Waals surface area contributed by atoms with E-state index in [1.807, 2.05) is 0 Å². The zero-order chi connectivity index (χ0) is 11.5. The predicted molar refractivity (Wildman–Crippen MR) is 71.7 cm³/mol. The lowest BCUT2D eigenvalue weighted by Crippen LogP contribution is -2.08. The lowest BCUT2D eigenvalue weighted by molar-refractivity contribution is 0.404. The van der Waals surface area contributed by atoms with Gasteiger partial charge >= 0.3 is 0 Å². The Morgan fingerprint density at radius 3 is 2.07 bits per heavy atom. The average molecular weight is 233 g/mol. The van der Waals surface area contributed by atoms with Gasteiger partial charge in [-0.3, -0.25) is 0 Å². The summed E-state index contributed by atoms with van der Waals surface area (Å²) in [4.78, 5) is 0. The van der Waals surface area contributed by atoms with E-state index in [1.165, 1.54) is 57.8 Å². The molecule has 0 N–H and O–H groups in total. The van der Waals surface area contributed by atoms with Crippen molar-refractivity contribution in [3.63, 3.8) is 0 Å². The highest BCUT2D eigenvalue weighted by atomic mass is 35.5. The van der Waals surface area contributed by atoms with Crippen LogP contribution in [0.25, 0.3) is 0 Å². The van der Waals surface area contributed by atoms with E-state index in [0.29, 0.717) is 5.38 Å². The highest BCUT2D eigenvalue weighted by Crippen LogP contribution is 2.23. The Hall–Kier alpha value is 0.290. The van der Waals surface area contributed by atoms with E-state index in [2.05, 4.69) is 20.8 Å². The van der Waals surface area contributed by atoms with Crippen LogP contribution in [0, 0.1) is 5.92 Å². The lowest BCUT2D eigenvalue weighted by Gasteiger charge is -2.18. The van der Waals surface area contributed by atoms with Gasteiger partial charge in [0.1, 0.15) is 0 Å². The third-order valence-corrected chi connectivity index (χ3v) is 3.65. The number of unbranched alkanes of at least 4 members (excludes halogenated alkanes) is 3. The maximum absolute atomic E-state index is 6.37. The first-order valence-electron chi connectivity index (χ1n) is 6.88. The smallest absolute Gasteiger partial charge is 0.0338 e. The largest absolute Gasteiger partial charge is 0.123 e. The second kappa shape index (κ2) is 10.8. The van der Waals surface area contributed by atoms with Crippen LogP contribution in [-0.2, 0) is 0 Å². The average Bonchev–Trinajstić information content (AvgIpc) is 2.24. The van der Waals surface area contributed by atoms with E-state index >= 15 is 0 Å². The van der Waals surface area contributed by atoms with Crippen molar-refractivity contribution < 1.29 is 0 Å². The summed E-state index contributed by atoms with van der Waals surface area (Å²) < 4.78 is 0. The molecular formula is C14H29Cl. The molecule has 0 aromatic carbocycles. The van der Waals surface area contributed by atoms with E-state index in [0.717, 1.165) is 5.92 Å². The van der Waals surface area contributed by atoms with Crippen LogP contribution in [0.3, 0.4) is 0 Å². The van der Waals surface area contributed by atoms with Gasteiger partial charge in [0.15, 0.2) is 0 Å². The van der Waals surface area contributed by atoms with Gasteiger partial charge in [0, 0.05) is 5.38 Å². The Bertz CT molecular complexity index is 123. The topological polar surface area (TPSA) is 0 Å². The maximum atomic E-state index is 6.37. The Morgan fingerprint density at radius 2 is 1.53 bits per heavy atom. The van der Waals surface area contributed by atoms with Gasteiger partial charge in [-0.1, -0.05) is 65.7 Å². The third-order valence-electron chi connectivity index (χ3n) is 3.25. The van der Waals surface area contributed by atoms with Crippen molar-refractivity contribution in [2.75, 3.05) is 0 Å². The minimum Gasteiger partial charge on any atom is -0.123 e.